The van der Waals surface area contributed by atoms with Crippen LogP contribution in [-0.4, -0.2) is 35.2 Å². The van der Waals surface area contributed by atoms with Crippen LogP contribution in [0.5, 0.6) is 0 Å². The first-order valence-corrected chi connectivity index (χ1v) is 8.17. The van der Waals surface area contributed by atoms with E-state index in [9.17, 15) is 0 Å². The Labute approximate surface area is 128 Å². The SMILES string of the molecule is CCNc1cc(N2C(C)CCC2CC)nc(COCC)n1. The van der Waals surface area contributed by atoms with E-state index < -0.39 is 0 Å². The Hall–Kier alpha value is -1.36. The maximum atomic E-state index is 5.48. The Morgan fingerprint density at radius 1 is 1.29 bits per heavy atom. The number of hydrogen-bond donors (Lipinski definition) is 1. The molecular weight excluding hydrogens is 264 g/mol. The van der Waals surface area contributed by atoms with Crippen LogP contribution in [0, 0.1) is 0 Å². The van der Waals surface area contributed by atoms with Gasteiger partial charge >= 0.3 is 0 Å². The van der Waals surface area contributed by atoms with Crippen molar-refractivity contribution in [1.82, 2.24) is 9.97 Å². The van der Waals surface area contributed by atoms with Crippen LogP contribution in [0.1, 0.15) is 52.8 Å². The summed E-state index contributed by atoms with van der Waals surface area (Å²) in [4.78, 5) is 11.7. The van der Waals surface area contributed by atoms with Gasteiger partial charge in [0.05, 0.1) is 0 Å². The van der Waals surface area contributed by atoms with E-state index >= 15 is 0 Å². The van der Waals surface area contributed by atoms with Gasteiger partial charge in [-0.25, -0.2) is 9.97 Å². The monoisotopic (exact) mass is 292 g/mol. The topological polar surface area (TPSA) is 50.3 Å². The van der Waals surface area contributed by atoms with Gasteiger partial charge in [-0.2, -0.15) is 0 Å². The third-order valence-electron chi connectivity index (χ3n) is 4.07. The molecule has 0 aromatic carbocycles. The summed E-state index contributed by atoms with van der Waals surface area (Å²) >= 11 is 0. The molecule has 118 valence electrons. The van der Waals surface area contributed by atoms with Crippen molar-refractivity contribution in [1.29, 1.82) is 0 Å². The summed E-state index contributed by atoms with van der Waals surface area (Å²) in [5.41, 5.74) is 0. The number of anilines is 2. The van der Waals surface area contributed by atoms with Crippen LogP contribution >= 0.6 is 0 Å². The van der Waals surface area contributed by atoms with Crippen molar-refractivity contribution in [3.05, 3.63) is 11.9 Å². The number of nitrogens with one attached hydrogen (secondary N) is 1. The van der Waals surface area contributed by atoms with Crippen LogP contribution in [0.2, 0.25) is 0 Å². The summed E-state index contributed by atoms with van der Waals surface area (Å²) in [5.74, 6) is 2.69. The van der Waals surface area contributed by atoms with Gasteiger partial charge in [0.25, 0.3) is 0 Å². The van der Waals surface area contributed by atoms with Gasteiger partial charge in [0, 0.05) is 31.3 Å². The Morgan fingerprint density at radius 2 is 2.10 bits per heavy atom. The maximum absolute atomic E-state index is 5.48. The highest BCUT2D eigenvalue weighted by Gasteiger charge is 2.30. The Bertz CT molecular complexity index is 452. The van der Waals surface area contributed by atoms with E-state index in [4.69, 9.17) is 9.72 Å². The molecule has 0 aliphatic carbocycles. The molecule has 1 aromatic rings. The highest BCUT2D eigenvalue weighted by Crippen LogP contribution is 2.31. The van der Waals surface area contributed by atoms with Crippen LogP contribution in [0.4, 0.5) is 11.6 Å². The summed E-state index contributed by atoms with van der Waals surface area (Å²) in [5, 5.41) is 3.30. The van der Waals surface area contributed by atoms with E-state index in [1.807, 2.05) is 6.92 Å². The fourth-order valence-corrected chi connectivity index (χ4v) is 3.03. The molecule has 2 unspecified atom stereocenters. The van der Waals surface area contributed by atoms with E-state index in [-0.39, 0.29) is 0 Å². The normalized spacial score (nSPS) is 21.8. The molecule has 0 spiro atoms. The molecule has 1 aliphatic rings. The quantitative estimate of drug-likeness (QED) is 0.836. The lowest BCUT2D eigenvalue weighted by Gasteiger charge is -2.29. The minimum atomic E-state index is 0.474. The van der Waals surface area contributed by atoms with Crippen molar-refractivity contribution in [2.45, 2.75) is 65.6 Å². The highest BCUT2D eigenvalue weighted by atomic mass is 16.5. The molecule has 1 fully saturated rings. The van der Waals surface area contributed by atoms with Crippen molar-refractivity contribution in [2.24, 2.45) is 0 Å². The van der Waals surface area contributed by atoms with E-state index in [0.717, 1.165) is 30.4 Å². The first kappa shape index (κ1) is 16.0. The molecule has 0 saturated carbocycles. The van der Waals surface area contributed by atoms with Gasteiger partial charge in [0.2, 0.25) is 0 Å². The van der Waals surface area contributed by atoms with Gasteiger partial charge in [-0.3, -0.25) is 0 Å². The Morgan fingerprint density at radius 3 is 2.76 bits per heavy atom. The van der Waals surface area contributed by atoms with E-state index in [0.29, 0.717) is 25.3 Å². The molecule has 2 heterocycles. The highest BCUT2D eigenvalue weighted by molar-refractivity contribution is 5.51. The molecule has 2 rings (SSSR count). The molecule has 0 radical (unpaired) electrons. The number of ether oxygens (including phenoxy) is 1. The summed E-state index contributed by atoms with van der Waals surface area (Å²) in [6, 6.07) is 3.20. The lowest BCUT2D eigenvalue weighted by atomic mass is 10.1. The molecule has 1 aromatic heterocycles. The summed E-state index contributed by atoms with van der Waals surface area (Å²) in [6.45, 7) is 10.6. The van der Waals surface area contributed by atoms with E-state index in [1.165, 1.54) is 12.8 Å². The third kappa shape index (κ3) is 3.84. The zero-order chi connectivity index (χ0) is 15.2. The molecule has 5 nitrogen and oxygen atoms in total. The van der Waals surface area contributed by atoms with Gasteiger partial charge in [-0.05, 0) is 40.0 Å². The molecule has 0 bridgehead atoms. The second kappa shape index (κ2) is 7.59. The summed E-state index contributed by atoms with van der Waals surface area (Å²) in [7, 11) is 0. The fraction of sp³-hybridized carbons (Fsp3) is 0.750. The number of aromatic nitrogens is 2. The van der Waals surface area contributed by atoms with Crippen molar-refractivity contribution in [3.63, 3.8) is 0 Å². The Kier molecular flexibility index (Phi) is 5.79. The molecule has 21 heavy (non-hydrogen) atoms. The predicted molar refractivity (Wildman–Crippen MR) is 86.8 cm³/mol. The third-order valence-corrected chi connectivity index (χ3v) is 4.07. The van der Waals surface area contributed by atoms with Gasteiger partial charge in [0.1, 0.15) is 18.2 Å². The van der Waals surface area contributed by atoms with Crippen molar-refractivity contribution in [2.75, 3.05) is 23.4 Å². The van der Waals surface area contributed by atoms with Crippen molar-refractivity contribution < 1.29 is 4.74 Å². The molecule has 0 amide bonds. The van der Waals surface area contributed by atoms with Crippen LogP contribution in [0.15, 0.2) is 6.07 Å². The van der Waals surface area contributed by atoms with Crippen LogP contribution in [-0.2, 0) is 11.3 Å². The molecule has 1 aliphatic heterocycles. The molecule has 1 N–H and O–H groups in total. The second-order valence-corrected chi connectivity index (χ2v) is 5.59. The predicted octanol–water partition coefficient (Wildman–Crippen LogP) is 3.21. The fourth-order valence-electron chi connectivity index (χ4n) is 3.03. The average molecular weight is 292 g/mol. The molecule has 5 heteroatoms. The van der Waals surface area contributed by atoms with Gasteiger partial charge in [0.15, 0.2) is 5.82 Å². The lowest BCUT2D eigenvalue weighted by Crippen LogP contribution is -2.35. The Balaban J connectivity index is 2.29. The van der Waals surface area contributed by atoms with Gasteiger partial charge < -0.3 is 15.0 Å². The second-order valence-electron chi connectivity index (χ2n) is 5.59. The first-order chi connectivity index (χ1) is 10.2. The largest absolute Gasteiger partial charge is 0.374 e. The number of rotatable bonds is 7. The zero-order valence-electron chi connectivity index (χ0n) is 13.7. The molecule has 2 atom stereocenters. The maximum Gasteiger partial charge on any atom is 0.158 e. The lowest BCUT2D eigenvalue weighted by molar-refractivity contribution is 0.128. The first-order valence-electron chi connectivity index (χ1n) is 8.17. The summed E-state index contributed by atoms with van der Waals surface area (Å²) in [6.07, 6.45) is 3.64. The zero-order valence-corrected chi connectivity index (χ0v) is 13.7. The summed E-state index contributed by atoms with van der Waals surface area (Å²) < 4.78 is 5.48. The van der Waals surface area contributed by atoms with Crippen molar-refractivity contribution >= 4 is 11.6 Å². The van der Waals surface area contributed by atoms with E-state index in [2.05, 4.69) is 42.0 Å². The van der Waals surface area contributed by atoms with Gasteiger partial charge in [-0.15, -0.1) is 0 Å². The molecule has 1 saturated heterocycles. The smallest absolute Gasteiger partial charge is 0.158 e. The number of hydrogen-bond acceptors (Lipinski definition) is 5. The van der Waals surface area contributed by atoms with Crippen molar-refractivity contribution in [3.8, 4) is 0 Å². The minimum Gasteiger partial charge on any atom is -0.374 e. The van der Waals surface area contributed by atoms with Crippen LogP contribution in [0.25, 0.3) is 0 Å². The van der Waals surface area contributed by atoms with Crippen LogP contribution in [0.3, 0.4) is 0 Å². The molecular formula is C16H28N4O. The minimum absolute atomic E-state index is 0.474. The number of nitrogens with zero attached hydrogens (tertiary/aromatic N) is 3. The van der Waals surface area contributed by atoms with E-state index in [1.54, 1.807) is 0 Å². The standard InChI is InChI=1S/C16H28N4O/c1-5-13-9-8-12(4)20(13)16-10-14(17-6-2)18-15(19-16)11-21-7-3/h10,12-13H,5-9,11H2,1-4H3,(H,17,18,19). The average Bonchev–Trinajstić information content (AvgIpc) is 2.86. The van der Waals surface area contributed by atoms with Gasteiger partial charge in [-0.1, -0.05) is 6.92 Å². The van der Waals surface area contributed by atoms with Crippen LogP contribution < -0.4 is 10.2 Å².